The van der Waals surface area contributed by atoms with Gasteiger partial charge >= 0.3 is 17.4 Å². The number of carbonyl (C=O) groups excluding carboxylic acids is 1. The molecule has 4 aromatic rings. The molecule has 9 nitrogen and oxygen atoms in total. The van der Waals surface area contributed by atoms with Gasteiger partial charge in [-0.2, -0.15) is 4.98 Å². The van der Waals surface area contributed by atoms with Crippen LogP contribution < -0.4 is 15.7 Å². The van der Waals surface area contributed by atoms with Crippen molar-refractivity contribution in [3.8, 4) is 5.75 Å². The summed E-state index contributed by atoms with van der Waals surface area (Å²) in [6.07, 6.45) is 3.28. The number of benzene rings is 1. The third-order valence-corrected chi connectivity index (χ3v) is 4.16. The third-order valence-electron chi connectivity index (χ3n) is 4.16. The fourth-order valence-corrected chi connectivity index (χ4v) is 2.71. The molecule has 0 radical (unpaired) electrons. The van der Waals surface area contributed by atoms with Gasteiger partial charge in [0.25, 0.3) is 0 Å². The summed E-state index contributed by atoms with van der Waals surface area (Å²) >= 11 is 0. The maximum atomic E-state index is 12.1. The summed E-state index contributed by atoms with van der Waals surface area (Å²) in [4.78, 5) is 31.6. The first kappa shape index (κ1) is 18.4. The van der Waals surface area contributed by atoms with E-state index in [0.29, 0.717) is 17.9 Å². The number of fused-ring (bicyclic) bond motifs is 1. The van der Waals surface area contributed by atoms with Crippen molar-refractivity contribution in [1.82, 2.24) is 20.4 Å². The first-order valence-corrected chi connectivity index (χ1v) is 8.75. The second kappa shape index (κ2) is 7.93. The van der Waals surface area contributed by atoms with Crippen molar-refractivity contribution in [2.45, 2.75) is 20.1 Å². The van der Waals surface area contributed by atoms with Crippen molar-refractivity contribution < 1.29 is 18.5 Å². The smallest absolute Gasteiger partial charge is 0.336 e. The fourth-order valence-electron chi connectivity index (χ4n) is 2.71. The summed E-state index contributed by atoms with van der Waals surface area (Å²) < 4.78 is 15.8. The molecule has 0 atom stereocenters. The number of hydrogen-bond acceptors (Lipinski definition) is 8. The van der Waals surface area contributed by atoms with E-state index in [0.717, 1.165) is 16.5 Å². The molecule has 0 spiro atoms. The Labute approximate surface area is 164 Å². The van der Waals surface area contributed by atoms with E-state index in [-0.39, 0.29) is 18.3 Å². The van der Waals surface area contributed by atoms with Crippen LogP contribution in [0.25, 0.3) is 11.0 Å². The predicted octanol–water partition coefficient (Wildman–Crippen LogP) is 2.39. The van der Waals surface area contributed by atoms with Gasteiger partial charge in [-0.25, -0.2) is 4.79 Å². The van der Waals surface area contributed by atoms with E-state index in [1.807, 2.05) is 6.92 Å². The van der Waals surface area contributed by atoms with E-state index < -0.39 is 11.5 Å². The number of rotatable bonds is 6. The Hall–Kier alpha value is -4.01. The molecular formula is C20H16N4O5. The number of ether oxygens (including phenoxy) is 1. The Kier molecular flexibility index (Phi) is 5.02. The summed E-state index contributed by atoms with van der Waals surface area (Å²) in [5, 5.41) is 7.25. The number of hydrogen-bond donors (Lipinski definition) is 1. The lowest BCUT2D eigenvalue weighted by Crippen LogP contribution is -2.23. The molecule has 0 saturated carbocycles. The monoisotopic (exact) mass is 392 g/mol. The molecule has 1 aromatic carbocycles. The van der Waals surface area contributed by atoms with Crippen LogP contribution >= 0.6 is 0 Å². The van der Waals surface area contributed by atoms with Crippen LogP contribution in [0.4, 0.5) is 0 Å². The number of pyridine rings is 1. The van der Waals surface area contributed by atoms with Crippen LogP contribution in [0.15, 0.2) is 62.5 Å². The van der Waals surface area contributed by atoms with E-state index in [1.54, 1.807) is 42.7 Å². The van der Waals surface area contributed by atoms with Gasteiger partial charge in [-0.1, -0.05) is 5.16 Å². The van der Waals surface area contributed by atoms with E-state index in [9.17, 15) is 9.59 Å². The summed E-state index contributed by atoms with van der Waals surface area (Å²) in [5.41, 5.74) is 1.72. The first-order chi connectivity index (χ1) is 14.1. The van der Waals surface area contributed by atoms with Gasteiger partial charge in [0.1, 0.15) is 11.3 Å². The number of nitrogens with one attached hydrogen (secondary N) is 1. The first-order valence-electron chi connectivity index (χ1n) is 8.75. The van der Waals surface area contributed by atoms with Gasteiger partial charge in [0.05, 0.1) is 0 Å². The Balaban J connectivity index is 1.38. The lowest BCUT2D eigenvalue weighted by molar-refractivity contribution is 0.0907. The number of aryl methyl sites for hydroxylation is 1. The van der Waals surface area contributed by atoms with Gasteiger partial charge in [0.2, 0.25) is 5.82 Å². The highest BCUT2D eigenvalue weighted by Gasteiger charge is 2.15. The fraction of sp³-hybridized carbons (Fsp3) is 0.150. The molecule has 3 heterocycles. The minimum Gasteiger partial charge on any atom is -0.485 e. The van der Waals surface area contributed by atoms with Gasteiger partial charge in [0.15, 0.2) is 6.61 Å². The molecule has 1 amide bonds. The zero-order chi connectivity index (χ0) is 20.2. The second-order valence-electron chi connectivity index (χ2n) is 6.25. The van der Waals surface area contributed by atoms with Gasteiger partial charge < -0.3 is 19.0 Å². The van der Waals surface area contributed by atoms with Crippen molar-refractivity contribution >= 4 is 16.9 Å². The number of amides is 1. The van der Waals surface area contributed by atoms with Crippen LogP contribution in [0, 0.1) is 6.92 Å². The van der Waals surface area contributed by atoms with Crippen molar-refractivity contribution in [1.29, 1.82) is 0 Å². The summed E-state index contributed by atoms with van der Waals surface area (Å²) in [7, 11) is 0. The maximum absolute atomic E-state index is 12.1. The maximum Gasteiger partial charge on any atom is 0.336 e. The third kappa shape index (κ3) is 4.29. The topological polar surface area (TPSA) is 120 Å². The van der Waals surface area contributed by atoms with E-state index >= 15 is 0 Å². The second-order valence-corrected chi connectivity index (χ2v) is 6.25. The summed E-state index contributed by atoms with van der Waals surface area (Å²) in [6.45, 7) is 2.14. The van der Waals surface area contributed by atoms with Gasteiger partial charge in [-0.05, 0) is 42.3 Å². The number of nitrogens with zero attached hydrogens (tertiary/aromatic N) is 3. The molecule has 9 heteroatoms. The van der Waals surface area contributed by atoms with Crippen LogP contribution in [0.3, 0.4) is 0 Å². The summed E-state index contributed by atoms with van der Waals surface area (Å²) in [5.74, 6) is 0.0471. The highest BCUT2D eigenvalue weighted by Crippen LogP contribution is 2.22. The Bertz CT molecular complexity index is 1220. The molecule has 29 heavy (non-hydrogen) atoms. The van der Waals surface area contributed by atoms with Crippen molar-refractivity contribution in [3.63, 3.8) is 0 Å². The van der Waals surface area contributed by atoms with Gasteiger partial charge in [-0.15, -0.1) is 0 Å². The van der Waals surface area contributed by atoms with Gasteiger partial charge in [0, 0.05) is 36.5 Å². The standard InChI is InChI=1S/C20H16N4O5/c1-12-8-18(25)28-16-9-14(2-3-15(12)16)27-11-17-23-20(29-24-17)19(26)22-10-13-4-6-21-7-5-13/h2-9H,10-11H2,1H3,(H,22,26). The van der Waals surface area contributed by atoms with Crippen LogP contribution in [-0.4, -0.2) is 21.0 Å². The largest absolute Gasteiger partial charge is 0.485 e. The summed E-state index contributed by atoms with van der Waals surface area (Å²) in [6, 6.07) is 10.2. The normalized spacial score (nSPS) is 10.8. The quantitative estimate of drug-likeness (QED) is 0.497. The Morgan fingerprint density at radius 1 is 1.17 bits per heavy atom. The van der Waals surface area contributed by atoms with Gasteiger partial charge in [-0.3, -0.25) is 9.78 Å². The molecule has 0 bridgehead atoms. The van der Waals surface area contributed by atoms with E-state index in [2.05, 4.69) is 20.4 Å². The van der Waals surface area contributed by atoms with Crippen molar-refractivity contribution in [2.75, 3.05) is 0 Å². The Morgan fingerprint density at radius 3 is 2.83 bits per heavy atom. The zero-order valence-corrected chi connectivity index (χ0v) is 15.4. The lowest BCUT2D eigenvalue weighted by atomic mass is 10.1. The molecule has 4 rings (SSSR count). The molecule has 0 saturated heterocycles. The van der Waals surface area contributed by atoms with E-state index in [1.165, 1.54) is 6.07 Å². The predicted molar refractivity (Wildman–Crippen MR) is 101 cm³/mol. The van der Waals surface area contributed by atoms with Crippen LogP contribution in [0.1, 0.15) is 27.6 Å². The molecule has 3 aromatic heterocycles. The van der Waals surface area contributed by atoms with Crippen LogP contribution in [0.5, 0.6) is 5.75 Å². The molecule has 146 valence electrons. The van der Waals surface area contributed by atoms with Crippen LogP contribution in [0.2, 0.25) is 0 Å². The van der Waals surface area contributed by atoms with Crippen molar-refractivity contribution in [3.05, 3.63) is 82.1 Å². The molecule has 0 aliphatic heterocycles. The lowest BCUT2D eigenvalue weighted by Gasteiger charge is -2.05. The van der Waals surface area contributed by atoms with Crippen LogP contribution in [-0.2, 0) is 13.2 Å². The molecule has 0 aliphatic rings. The number of aromatic nitrogens is 3. The molecule has 0 fully saturated rings. The minimum atomic E-state index is -0.483. The SMILES string of the molecule is Cc1cc(=O)oc2cc(OCc3noc(C(=O)NCc4ccncc4)n3)ccc12. The minimum absolute atomic E-state index is 0.0112. The number of carbonyl (C=O) groups is 1. The average Bonchev–Trinajstić information content (AvgIpc) is 3.20. The Morgan fingerprint density at radius 2 is 2.00 bits per heavy atom. The molecule has 1 N–H and O–H groups in total. The zero-order valence-electron chi connectivity index (χ0n) is 15.4. The highest BCUT2D eigenvalue weighted by molar-refractivity contribution is 5.89. The molecule has 0 aliphatic carbocycles. The molecule has 0 unspecified atom stereocenters. The highest BCUT2D eigenvalue weighted by atomic mass is 16.5. The molecular weight excluding hydrogens is 376 g/mol. The van der Waals surface area contributed by atoms with E-state index in [4.69, 9.17) is 13.7 Å². The average molecular weight is 392 g/mol. The van der Waals surface area contributed by atoms with Crippen molar-refractivity contribution in [2.24, 2.45) is 0 Å².